The summed E-state index contributed by atoms with van der Waals surface area (Å²) in [4.78, 5) is 2.82. The summed E-state index contributed by atoms with van der Waals surface area (Å²) in [5, 5.41) is 0. The van der Waals surface area contributed by atoms with Crippen molar-refractivity contribution in [2.45, 2.75) is 20.0 Å². The Kier molecular flexibility index (Phi) is 3.49. The quantitative estimate of drug-likeness (QED) is 0.724. The Bertz CT molecular complexity index is 671. The third-order valence-electron chi connectivity index (χ3n) is 3.07. The molecule has 5 heteroatoms. The maximum Gasteiger partial charge on any atom is 0.416 e. The number of hydrogen-bond donors (Lipinski definition) is 1. The molecule has 0 saturated heterocycles. The Morgan fingerprint density at radius 2 is 1.79 bits per heavy atom. The van der Waals surface area contributed by atoms with E-state index in [0.717, 1.165) is 28.8 Å². The molecule has 1 aromatic heterocycles. The van der Waals surface area contributed by atoms with Crippen LogP contribution in [-0.2, 0) is 6.18 Å². The fourth-order valence-electron chi connectivity index (χ4n) is 1.89. The van der Waals surface area contributed by atoms with Crippen molar-refractivity contribution in [1.82, 2.24) is 4.98 Å². The van der Waals surface area contributed by atoms with Crippen molar-refractivity contribution in [3.05, 3.63) is 51.7 Å². The molecular formula is C14H12F3NS. The average molecular weight is 283 g/mol. The van der Waals surface area contributed by atoms with Crippen molar-refractivity contribution >= 4 is 12.2 Å². The first-order valence-electron chi connectivity index (χ1n) is 5.67. The SMILES string of the molecule is Cc1cccc(-c2cc(C(F)(F)F)cc(=S)[nH]2)c1C. The topological polar surface area (TPSA) is 15.8 Å². The van der Waals surface area contributed by atoms with Gasteiger partial charge in [0.25, 0.3) is 0 Å². The highest BCUT2D eigenvalue weighted by molar-refractivity contribution is 7.71. The zero-order valence-electron chi connectivity index (χ0n) is 10.4. The number of nitrogens with one attached hydrogen (secondary N) is 1. The van der Waals surface area contributed by atoms with Gasteiger partial charge in [0.05, 0.1) is 5.56 Å². The summed E-state index contributed by atoms with van der Waals surface area (Å²) in [7, 11) is 0. The molecular weight excluding hydrogens is 271 g/mol. The minimum absolute atomic E-state index is 0.0748. The molecule has 1 nitrogen and oxygen atoms in total. The van der Waals surface area contributed by atoms with Gasteiger partial charge < -0.3 is 4.98 Å². The number of hydrogen-bond acceptors (Lipinski definition) is 1. The maximum atomic E-state index is 12.8. The monoisotopic (exact) mass is 283 g/mol. The lowest BCUT2D eigenvalue weighted by atomic mass is 10.00. The Balaban J connectivity index is 2.67. The fourth-order valence-corrected chi connectivity index (χ4v) is 2.13. The van der Waals surface area contributed by atoms with E-state index < -0.39 is 11.7 Å². The van der Waals surface area contributed by atoms with E-state index in [0.29, 0.717) is 5.69 Å². The molecule has 2 rings (SSSR count). The first-order valence-corrected chi connectivity index (χ1v) is 6.08. The van der Waals surface area contributed by atoms with Gasteiger partial charge in [0.15, 0.2) is 0 Å². The van der Waals surface area contributed by atoms with Gasteiger partial charge in [-0.3, -0.25) is 0 Å². The number of halogens is 3. The molecule has 0 bridgehead atoms. The first-order chi connectivity index (χ1) is 8.79. The average Bonchev–Trinajstić information content (AvgIpc) is 2.31. The van der Waals surface area contributed by atoms with Gasteiger partial charge in [0.1, 0.15) is 4.64 Å². The predicted molar refractivity (Wildman–Crippen MR) is 71.5 cm³/mol. The Morgan fingerprint density at radius 1 is 1.11 bits per heavy atom. The summed E-state index contributed by atoms with van der Waals surface area (Å²) in [6.45, 7) is 3.79. The molecule has 2 aromatic rings. The van der Waals surface area contributed by atoms with Crippen LogP contribution in [0.4, 0.5) is 13.2 Å². The highest BCUT2D eigenvalue weighted by Crippen LogP contribution is 2.32. The van der Waals surface area contributed by atoms with Crippen LogP contribution >= 0.6 is 12.2 Å². The van der Waals surface area contributed by atoms with E-state index in [1.807, 2.05) is 26.0 Å². The smallest absolute Gasteiger partial charge is 0.346 e. The molecule has 1 N–H and O–H groups in total. The maximum absolute atomic E-state index is 12.8. The predicted octanol–water partition coefficient (Wildman–Crippen LogP) is 5.05. The van der Waals surface area contributed by atoms with Gasteiger partial charge in [-0.05, 0) is 37.1 Å². The van der Waals surface area contributed by atoms with Gasteiger partial charge in [-0.2, -0.15) is 13.2 Å². The van der Waals surface area contributed by atoms with Gasteiger partial charge in [0, 0.05) is 11.3 Å². The van der Waals surface area contributed by atoms with Gasteiger partial charge in [-0.15, -0.1) is 0 Å². The second kappa shape index (κ2) is 4.81. The highest BCUT2D eigenvalue weighted by atomic mass is 32.1. The van der Waals surface area contributed by atoms with Crippen molar-refractivity contribution in [2.75, 3.05) is 0 Å². The minimum atomic E-state index is -4.39. The van der Waals surface area contributed by atoms with Crippen LogP contribution in [0.3, 0.4) is 0 Å². The molecule has 1 heterocycles. The van der Waals surface area contributed by atoms with Crippen molar-refractivity contribution in [2.24, 2.45) is 0 Å². The Hall–Kier alpha value is -1.62. The van der Waals surface area contributed by atoms with Gasteiger partial charge in [-0.1, -0.05) is 30.4 Å². The summed E-state index contributed by atoms with van der Waals surface area (Å²) in [6, 6.07) is 7.54. The Morgan fingerprint density at radius 3 is 2.42 bits per heavy atom. The largest absolute Gasteiger partial charge is 0.416 e. The summed E-state index contributed by atoms with van der Waals surface area (Å²) in [5.74, 6) is 0. The fraction of sp³-hybridized carbons (Fsp3) is 0.214. The zero-order chi connectivity index (χ0) is 14.2. The molecule has 0 spiro atoms. The van der Waals surface area contributed by atoms with Crippen LogP contribution in [0, 0.1) is 18.5 Å². The van der Waals surface area contributed by atoms with Crippen molar-refractivity contribution in [3.8, 4) is 11.3 Å². The molecule has 0 atom stereocenters. The second-order valence-electron chi connectivity index (χ2n) is 4.39. The molecule has 0 amide bonds. The molecule has 0 aliphatic carbocycles. The van der Waals surface area contributed by atoms with E-state index in [2.05, 4.69) is 4.98 Å². The Labute approximate surface area is 114 Å². The minimum Gasteiger partial charge on any atom is -0.346 e. The number of H-pyrrole nitrogens is 1. The summed E-state index contributed by atoms with van der Waals surface area (Å²) in [5.41, 5.74) is 2.35. The van der Waals surface area contributed by atoms with Crippen molar-refractivity contribution in [3.63, 3.8) is 0 Å². The zero-order valence-corrected chi connectivity index (χ0v) is 11.2. The van der Waals surface area contributed by atoms with Gasteiger partial charge in [-0.25, -0.2) is 0 Å². The van der Waals surface area contributed by atoms with Gasteiger partial charge >= 0.3 is 6.18 Å². The number of pyridine rings is 1. The van der Waals surface area contributed by atoms with Crippen LogP contribution in [0.5, 0.6) is 0 Å². The third-order valence-corrected chi connectivity index (χ3v) is 3.29. The van der Waals surface area contributed by atoms with E-state index in [9.17, 15) is 13.2 Å². The molecule has 19 heavy (non-hydrogen) atoms. The summed E-state index contributed by atoms with van der Waals surface area (Å²) in [6.07, 6.45) is -4.39. The lowest BCUT2D eigenvalue weighted by Crippen LogP contribution is -2.06. The number of aryl methyl sites for hydroxylation is 1. The summed E-state index contributed by atoms with van der Waals surface area (Å²) < 4.78 is 38.4. The molecule has 0 fully saturated rings. The van der Waals surface area contributed by atoms with Crippen molar-refractivity contribution in [1.29, 1.82) is 0 Å². The normalized spacial score (nSPS) is 11.6. The van der Waals surface area contributed by atoms with E-state index in [1.54, 1.807) is 6.07 Å². The van der Waals surface area contributed by atoms with E-state index >= 15 is 0 Å². The van der Waals surface area contributed by atoms with Crippen LogP contribution < -0.4 is 0 Å². The van der Waals surface area contributed by atoms with Crippen LogP contribution in [0.2, 0.25) is 0 Å². The number of aromatic amines is 1. The number of alkyl halides is 3. The van der Waals surface area contributed by atoms with Gasteiger partial charge in [0.2, 0.25) is 0 Å². The molecule has 100 valence electrons. The lowest BCUT2D eigenvalue weighted by molar-refractivity contribution is -0.137. The molecule has 0 unspecified atom stereocenters. The van der Waals surface area contributed by atoms with Crippen LogP contribution in [-0.4, -0.2) is 4.98 Å². The molecule has 0 radical (unpaired) electrons. The van der Waals surface area contributed by atoms with Crippen LogP contribution in [0.1, 0.15) is 16.7 Å². The summed E-state index contributed by atoms with van der Waals surface area (Å²) >= 11 is 4.88. The molecule has 1 aromatic carbocycles. The third kappa shape index (κ3) is 2.87. The standard InChI is InChI=1S/C14H12F3NS/c1-8-4-3-5-11(9(8)2)12-6-10(14(15,16)17)7-13(19)18-12/h3-7H,1-2H3,(H,18,19). The highest BCUT2D eigenvalue weighted by Gasteiger charge is 2.31. The van der Waals surface area contributed by atoms with E-state index in [-0.39, 0.29) is 4.64 Å². The van der Waals surface area contributed by atoms with Crippen LogP contribution in [0.25, 0.3) is 11.3 Å². The number of aromatic nitrogens is 1. The molecule has 0 aliphatic rings. The lowest BCUT2D eigenvalue weighted by Gasteiger charge is -2.12. The number of benzene rings is 1. The molecule has 0 saturated carbocycles. The number of rotatable bonds is 1. The van der Waals surface area contributed by atoms with Crippen LogP contribution in [0.15, 0.2) is 30.3 Å². The first kappa shape index (κ1) is 13.8. The van der Waals surface area contributed by atoms with E-state index in [4.69, 9.17) is 12.2 Å². The second-order valence-corrected chi connectivity index (χ2v) is 4.83. The van der Waals surface area contributed by atoms with Crippen molar-refractivity contribution < 1.29 is 13.2 Å². The van der Waals surface area contributed by atoms with E-state index in [1.165, 1.54) is 0 Å². The molecule has 0 aliphatic heterocycles.